The molecule has 5 nitrogen and oxygen atoms in total. The number of sulfone groups is 1. The standard InChI is InChI=1S/C15H24N2O3S/c1-11(2)14(12-7-5-4-6-8-12)17-15(18)13(16)9-10-21(3,19)20/h4-8,11,13-14H,9-10,16H2,1-3H3,(H,17,18). The van der Waals surface area contributed by atoms with Crippen molar-refractivity contribution in [2.24, 2.45) is 11.7 Å². The van der Waals surface area contributed by atoms with Crippen molar-refractivity contribution in [1.82, 2.24) is 5.32 Å². The Bertz CT molecular complexity index is 556. The van der Waals surface area contributed by atoms with Crippen LogP contribution in [0.2, 0.25) is 0 Å². The fraction of sp³-hybridized carbons (Fsp3) is 0.533. The van der Waals surface area contributed by atoms with Crippen molar-refractivity contribution in [3.8, 4) is 0 Å². The summed E-state index contributed by atoms with van der Waals surface area (Å²) >= 11 is 0. The van der Waals surface area contributed by atoms with Crippen LogP contribution >= 0.6 is 0 Å². The van der Waals surface area contributed by atoms with E-state index in [2.05, 4.69) is 5.32 Å². The van der Waals surface area contributed by atoms with E-state index in [1.54, 1.807) is 0 Å². The highest BCUT2D eigenvalue weighted by Crippen LogP contribution is 2.21. The van der Waals surface area contributed by atoms with Crippen molar-refractivity contribution >= 4 is 15.7 Å². The van der Waals surface area contributed by atoms with E-state index in [-0.39, 0.29) is 30.0 Å². The predicted octanol–water partition coefficient (Wildman–Crippen LogP) is 1.26. The molecule has 118 valence electrons. The molecule has 0 aliphatic carbocycles. The zero-order valence-corrected chi connectivity index (χ0v) is 13.6. The van der Waals surface area contributed by atoms with E-state index in [0.29, 0.717) is 0 Å². The van der Waals surface area contributed by atoms with Gasteiger partial charge in [-0.15, -0.1) is 0 Å². The Balaban J connectivity index is 2.69. The van der Waals surface area contributed by atoms with E-state index in [1.165, 1.54) is 0 Å². The van der Waals surface area contributed by atoms with Gasteiger partial charge in [-0.3, -0.25) is 4.79 Å². The number of carbonyl (C=O) groups excluding carboxylic acids is 1. The Morgan fingerprint density at radius 2 is 1.81 bits per heavy atom. The predicted molar refractivity (Wildman–Crippen MR) is 84.5 cm³/mol. The van der Waals surface area contributed by atoms with Gasteiger partial charge in [0.15, 0.2) is 0 Å². The van der Waals surface area contributed by atoms with Gasteiger partial charge < -0.3 is 11.1 Å². The van der Waals surface area contributed by atoms with Crippen molar-refractivity contribution in [3.63, 3.8) is 0 Å². The fourth-order valence-electron chi connectivity index (χ4n) is 2.03. The lowest BCUT2D eigenvalue weighted by molar-refractivity contribution is -0.123. The molecule has 0 aromatic heterocycles. The van der Waals surface area contributed by atoms with Crippen molar-refractivity contribution in [3.05, 3.63) is 35.9 Å². The third-order valence-corrected chi connectivity index (χ3v) is 4.24. The minimum absolute atomic E-state index is 0.0841. The maximum atomic E-state index is 12.1. The highest BCUT2D eigenvalue weighted by molar-refractivity contribution is 7.90. The van der Waals surface area contributed by atoms with Crippen LogP contribution in [0, 0.1) is 5.92 Å². The molecule has 0 aliphatic heterocycles. The molecule has 21 heavy (non-hydrogen) atoms. The lowest BCUT2D eigenvalue weighted by Crippen LogP contribution is -2.44. The van der Waals surface area contributed by atoms with E-state index < -0.39 is 15.9 Å². The number of carbonyl (C=O) groups is 1. The molecular formula is C15H24N2O3S. The number of hydrogen-bond acceptors (Lipinski definition) is 4. The first-order chi connectivity index (χ1) is 9.70. The molecule has 0 spiro atoms. The van der Waals surface area contributed by atoms with E-state index in [0.717, 1.165) is 11.8 Å². The van der Waals surface area contributed by atoms with Crippen LogP contribution in [0.1, 0.15) is 31.9 Å². The molecule has 3 N–H and O–H groups in total. The number of nitrogens with two attached hydrogens (primary N) is 1. The normalized spacial score (nSPS) is 14.7. The summed E-state index contributed by atoms with van der Waals surface area (Å²) in [5, 5.41) is 2.91. The second-order valence-electron chi connectivity index (χ2n) is 5.67. The minimum atomic E-state index is -3.11. The van der Waals surface area contributed by atoms with E-state index in [4.69, 9.17) is 5.73 Å². The topological polar surface area (TPSA) is 89.3 Å². The molecule has 2 unspecified atom stereocenters. The molecule has 0 saturated heterocycles. The van der Waals surface area contributed by atoms with E-state index in [9.17, 15) is 13.2 Å². The van der Waals surface area contributed by atoms with Gasteiger partial charge in [-0.25, -0.2) is 8.42 Å². The van der Waals surface area contributed by atoms with Gasteiger partial charge in [-0.1, -0.05) is 44.2 Å². The zero-order chi connectivity index (χ0) is 16.0. The molecule has 0 saturated carbocycles. The molecule has 1 rings (SSSR count). The second-order valence-corrected chi connectivity index (χ2v) is 7.93. The van der Waals surface area contributed by atoms with Gasteiger partial charge in [0.2, 0.25) is 5.91 Å². The van der Waals surface area contributed by atoms with Crippen LogP contribution in [0.25, 0.3) is 0 Å². The van der Waals surface area contributed by atoms with Crippen LogP contribution in [-0.4, -0.2) is 32.4 Å². The van der Waals surface area contributed by atoms with Crippen molar-refractivity contribution in [2.45, 2.75) is 32.4 Å². The second kappa shape index (κ2) is 7.56. The number of hydrogen-bond donors (Lipinski definition) is 2. The van der Waals surface area contributed by atoms with Crippen LogP contribution in [-0.2, 0) is 14.6 Å². The number of benzene rings is 1. The lowest BCUT2D eigenvalue weighted by atomic mass is 9.95. The molecule has 1 aromatic carbocycles. The molecule has 0 fully saturated rings. The summed E-state index contributed by atoms with van der Waals surface area (Å²) in [5.41, 5.74) is 6.78. The van der Waals surface area contributed by atoms with Crippen LogP contribution in [0.3, 0.4) is 0 Å². The fourth-order valence-corrected chi connectivity index (χ4v) is 2.71. The maximum absolute atomic E-state index is 12.1. The van der Waals surface area contributed by atoms with E-state index >= 15 is 0 Å². The van der Waals surface area contributed by atoms with Gasteiger partial charge in [0, 0.05) is 6.26 Å². The molecule has 0 aliphatic rings. The summed E-state index contributed by atoms with van der Waals surface area (Å²) in [5.74, 6) is -0.195. The summed E-state index contributed by atoms with van der Waals surface area (Å²) in [6.45, 7) is 4.03. The molecule has 0 radical (unpaired) electrons. The summed E-state index contributed by atoms with van der Waals surface area (Å²) in [4.78, 5) is 12.1. The van der Waals surface area contributed by atoms with Gasteiger partial charge >= 0.3 is 0 Å². The van der Waals surface area contributed by atoms with Crippen LogP contribution < -0.4 is 11.1 Å². The van der Waals surface area contributed by atoms with Gasteiger partial charge in [-0.2, -0.15) is 0 Å². The van der Waals surface area contributed by atoms with Gasteiger partial charge in [0.05, 0.1) is 17.8 Å². The third kappa shape index (κ3) is 6.27. The van der Waals surface area contributed by atoms with Gasteiger partial charge in [0.1, 0.15) is 9.84 Å². The zero-order valence-electron chi connectivity index (χ0n) is 12.7. The first-order valence-electron chi connectivity index (χ1n) is 6.99. The molecule has 0 heterocycles. The smallest absolute Gasteiger partial charge is 0.237 e. The summed E-state index contributed by atoms with van der Waals surface area (Å²) in [6, 6.07) is 8.70. The average Bonchev–Trinajstić information content (AvgIpc) is 2.41. The average molecular weight is 312 g/mol. The Hall–Kier alpha value is -1.40. The Kier molecular flexibility index (Phi) is 6.36. The summed E-state index contributed by atoms with van der Waals surface area (Å²) in [7, 11) is -3.11. The third-order valence-electron chi connectivity index (χ3n) is 3.26. The largest absolute Gasteiger partial charge is 0.348 e. The first-order valence-corrected chi connectivity index (χ1v) is 9.05. The Morgan fingerprint density at radius 1 is 1.24 bits per heavy atom. The molecular weight excluding hydrogens is 288 g/mol. The first kappa shape index (κ1) is 17.7. The minimum Gasteiger partial charge on any atom is -0.348 e. The highest BCUT2D eigenvalue weighted by Gasteiger charge is 2.22. The maximum Gasteiger partial charge on any atom is 0.237 e. The van der Waals surface area contributed by atoms with Crippen molar-refractivity contribution in [2.75, 3.05) is 12.0 Å². The number of rotatable bonds is 7. The summed E-state index contributed by atoms with van der Waals surface area (Å²) < 4.78 is 22.2. The molecule has 1 aromatic rings. The van der Waals surface area contributed by atoms with Crippen molar-refractivity contribution in [1.29, 1.82) is 0 Å². The molecule has 0 bridgehead atoms. The molecule has 6 heteroatoms. The van der Waals surface area contributed by atoms with Crippen LogP contribution in [0.5, 0.6) is 0 Å². The SMILES string of the molecule is CC(C)C(NC(=O)C(N)CCS(C)(=O)=O)c1ccccc1. The summed E-state index contributed by atoms with van der Waals surface area (Å²) in [6.07, 6.45) is 1.27. The molecule has 2 atom stereocenters. The number of nitrogens with one attached hydrogen (secondary N) is 1. The molecule has 1 amide bonds. The highest BCUT2D eigenvalue weighted by atomic mass is 32.2. The quantitative estimate of drug-likeness (QED) is 0.793. The van der Waals surface area contributed by atoms with Crippen molar-refractivity contribution < 1.29 is 13.2 Å². The Morgan fingerprint density at radius 3 is 2.29 bits per heavy atom. The van der Waals surface area contributed by atoms with Gasteiger partial charge in [-0.05, 0) is 17.9 Å². The van der Waals surface area contributed by atoms with Gasteiger partial charge in [0.25, 0.3) is 0 Å². The van der Waals surface area contributed by atoms with Crippen LogP contribution in [0.15, 0.2) is 30.3 Å². The van der Waals surface area contributed by atoms with Crippen LogP contribution in [0.4, 0.5) is 0 Å². The van der Waals surface area contributed by atoms with E-state index in [1.807, 2.05) is 44.2 Å². The number of amides is 1. The monoisotopic (exact) mass is 312 g/mol. The Labute approximate surface area is 126 Å². The lowest BCUT2D eigenvalue weighted by Gasteiger charge is -2.24.